The number of anilines is 1. The number of ether oxygens (including phenoxy) is 1. The molecule has 1 aromatic carbocycles. The zero-order valence-electron chi connectivity index (χ0n) is 8.57. The highest BCUT2D eigenvalue weighted by Crippen LogP contribution is 2.14. The molecule has 0 unspecified atom stereocenters. The van der Waals surface area contributed by atoms with E-state index in [9.17, 15) is 4.79 Å². The second-order valence-electron chi connectivity index (χ2n) is 3.42. The lowest BCUT2D eigenvalue weighted by Crippen LogP contribution is -2.24. The Labute approximate surface area is 98.2 Å². The molecule has 0 aromatic heterocycles. The van der Waals surface area contributed by atoms with Gasteiger partial charge >= 0.3 is 5.97 Å². The van der Waals surface area contributed by atoms with Crippen LogP contribution < -0.4 is 5.43 Å². The van der Waals surface area contributed by atoms with Crippen LogP contribution in [-0.2, 0) is 9.53 Å². The molecular formula is C11H11ClN2O2. The Bertz CT molecular complexity index is 414. The number of hydrazone groups is 1. The number of nitrogens with zero attached hydrogens (tertiary/aromatic N) is 1. The van der Waals surface area contributed by atoms with Crippen molar-refractivity contribution in [2.75, 3.05) is 12.0 Å². The molecule has 0 aliphatic carbocycles. The molecule has 1 N–H and O–H groups in total. The zero-order valence-corrected chi connectivity index (χ0v) is 9.33. The Hall–Kier alpha value is -1.55. The Morgan fingerprint density at radius 1 is 1.31 bits per heavy atom. The quantitative estimate of drug-likeness (QED) is 0.636. The van der Waals surface area contributed by atoms with Gasteiger partial charge in [0.1, 0.15) is 5.71 Å². The van der Waals surface area contributed by atoms with Crippen LogP contribution in [0.5, 0.6) is 0 Å². The molecule has 1 heterocycles. The number of rotatable bonds is 2. The fraction of sp³-hybridized carbons (Fsp3) is 0.273. The van der Waals surface area contributed by atoms with Gasteiger partial charge < -0.3 is 4.74 Å². The van der Waals surface area contributed by atoms with Gasteiger partial charge in [0.2, 0.25) is 0 Å². The molecule has 1 aliphatic heterocycles. The van der Waals surface area contributed by atoms with Crippen molar-refractivity contribution < 1.29 is 9.53 Å². The smallest absolute Gasteiger partial charge is 0.354 e. The van der Waals surface area contributed by atoms with E-state index in [0.29, 0.717) is 23.8 Å². The summed E-state index contributed by atoms with van der Waals surface area (Å²) in [6.45, 7) is 0.485. The van der Waals surface area contributed by atoms with Crippen LogP contribution in [0.2, 0.25) is 5.02 Å². The molecule has 0 saturated carbocycles. The Morgan fingerprint density at radius 3 is 2.75 bits per heavy atom. The number of carbonyl (C=O) groups excluding carboxylic acids is 1. The van der Waals surface area contributed by atoms with Gasteiger partial charge in [-0.2, -0.15) is 5.10 Å². The number of halogens is 1. The van der Waals surface area contributed by atoms with E-state index in [1.54, 1.807) is 24.3 Å². The molecule has 0 radical (unpaired) electrons. The topological polar surface area (TPSA) is 50.7 Å². The molecule has 1 aromatic rings. The minimum absolute atomic E-state index is 0.340. The van der Waals surface area contributed by atoms with E-state index in [-0.39, 0.29) is 5.97 Å². The number of esters is 1. The summed E-state index contributed by atoms with van der Waals surface area (Å²) in [4.78, 5) is 11.3. The van der Waals surface area contributed by atoms with E-state index in [1.807, 2.05) is 0 Å². The van der Waals surface area contributed by atoms with Crippen molar-refractivity contribution in [2.45, 2.75) is 12.8 Å². The van der Waals surface area contributed by atoms with Gasteiger partial charge in [0.15, 0.2) is 0 Å². The summed E-state index contributed by atoms with van der Waals surface area (Å²) in [5, 5.41) is 4.68. The summed E-state index contributed by atoms with van der Waals surface area (Å²) in [6, 6.07) is 7.09. The molecule has 0 spiro atoms. The van der Waals surface area contributed by atoms with Gasteiger partial charge in [0.05, 0.1) is 12.3 Å². The first-order chi connectivity index (χ1) is 7.75. The average molecular weight is 239 g/mol. The van der Waals surface area contributed by atoms with Crippen molar-refractivity contribution in [1.29, 1.82) is 0 Å². The highest BCUT2D eigenvalue weighted by molar-refractivity contribution is 6.37. The maximum atomic E-state index is 11.3. The Morgan fingerprint density at radius 2 is 2.06 bits per heavy atom. The number of hydrogen-bond acceptors (Lipinski definition) is 4. The summed E-state index contributed by atoms with van der Waals surface area (Å²) in [7, 11) is 0. The second kappa shape index (κ2) is 4.99. The van der Waals surface area contributed by atoms with Gasteiger partial charge in [0, 0.05) is 11.4 Å². The Balaban J connectivity index is 2.02. The molecule has 0 amide bonds. The van der Waals surface area contributed by atoms with Crippen LogP contribution in [-0.4, -0.2) is 18.3 Å². The van der Waals surface area contributed by atoms with Crippen LogP contribution in [0.4, 0.5) is 5.69 Å². The van der Waals surface area contributed by atoms with E-state index in [4.69, 9.17) is 16.3 Å². The summed E-state index contributed by atoms with van der Waals surface area (Å²) in [6.07, 6.45) is 1.48. The van der Waals surface area contributed by atoms with Crippen LogP contribution in [0.15, 0.2) is 29.4 Å². The van der Waals surface area contributed by atoms with Gasteiger partial charge in [-0.15, -0.1) is 0 Å². The van der Waals surface area contributed by atoms with Crippen LogP contribution >= 0.6 is 11.6 Å². The fourth-order valence-corrected chi connectivity index (χ4v) is 1.47. The predicted octanol–water partition coefficient (Wildman–Crippen LogP) is 2.44. The molecule has 0 atom stereocenters. The van der Waals surface area contributed by atoms with Crippen LogP contribution in [0.3, 0.4) is 0 Å². The van der Waals surface area contributed by atoms with Crippen LogP contribution in [0, 0.1) is 0 Å². The second-order valence-corrected chi connectivity index (χ2v) is 3.85. The van der Waals surface area contributed by atoms with E-state index >= 15 is 0 Å². The van der Waals surface area contributed by atoms with Gasteiger partial charge in [-0.25, -0.2) is 4.79 Å². The minimum atomic E-state index is -0.340. The minimum Gasteiger partial charge on any atom is -0.461 e. The third-order valence-electron chi connectivity index (χ3n) is 2.19. The molecular weight excluding hydrogens is 228 g/mol. The summed E-state index contributed by atoms with van der Waals surface area (Å²) < 4.78 is 4.87. The van der Waals surface area contributed by atoms with Crippen LogP contribution in [0.1, 0.15) is 12.8 Å². The van der Waals surface area contributed by atoms with E-state index in [2.05, 4.69) is 10.5 Å². The third-order valence-corrected chi connectivity index (χ3v) is 2.44. The van der Waals surface area contributed by atoms with E-state index in [1.165, 1.54) is 0 Å². The SMILES string of the molecule is O=C1OCCC/C1=N\Nc1ccc(Cl)cc1. The van der Waals surface area contributed by atoms with Crippen molar-refractivity contribution in [2.24, 2.45) is 5.10 Å². The van der Waals surface area contributed by atoms with Gasteiger partial charge in [0.25, 0.3) is 0 Å². The first kappa shape index (κ1) is 11.0. The fourth-order valence-electron chi connectivity index (χ4n) is 1.35. The van der Waals surface area contributed by atoms with Gasteiger partial charge in [-0.3, -0.25) is 5.43 Å². The first-order valence-corrected chi connectivity index (χ1v) is 5.39. The molecule has 84 valence electrons. The summed E-state index contributed by atoms with van der Waals surface area (Å²) in [5.41, 5.74) is 4.02. The molecule has 5 heteroatoms. The molecule has 2 rings (SSSR count). The van der Waals surface area contributed by atoms with Crippen molar-refractivity contribution in [1.82, 2.24) is 0 Å². The normalized spacial score (nSPS) is 18.3. The third kappa shape index (κ3) is 2.73. The molecule has 1 saturated heterocycles. The maximum absolute atomic E-state index is 11.3. The highest BCUT2D eigenvalue weighted by atomic mass is 35.5. The van der Waals surface area contributed by atoms with Crippen molar-refractivity contribution >= 4 is 29.0 Å². The largest absolute Gasteiger partial charge is 0.461 e. The molecule has 0 bridgehead atoms. The maximum Gasteiger partial charge on any atom is 0.354 e. The Kier molecular flexibility index (Phi) is 3.41. The zero-order chi connectivity index (χ0) is 11.4. The summed E-state index contributed by atoms with van der Waals surface area (Å²) >= 11 is 5.75. The van der Waals surface area contributed by atoms with Crippen molar-refractivity contribution in [3.05, 3.63) is 29.3 Å². The number of hydrogen-bond donors (Lipinski definition) is 1. The standard InChI is InChI=1S/C11H11ClN2O2/c12-8-3-5-9(6-4-8)13-14-10-2-1-7-16-11(10)15/h3-6,13H,1-2,7H2/b14-10+. The predicted molar refractivity (Wildman–Crippen MR) is 62.7 cm³/mol. The average Bonchev–Trinajstić information content (AvgIpc) is 2.30. The lowest BCUT2D eigenvalue weighted by Gasteiger charge is -2.12. The number of benzene rings is 1. The number of carbonyl (C=O) groups is 1. The van der Waals surface area contributed by atoms with E-state index in [0.717, 1.165) is 12.1 Å². The highest BCUT2D eigenvalue weighted by Gasteiger charge is 2.17. The molecule has 1 aliphatic rings. The number of cyclic esters (lactones) is 1. The lowest BCUT2D eigenvalue weighted by atomic mass is 10.2. The first-order valence-electron chi connectivity index (χ1n) is 5.01. The van der Waals surface area contributed by atoms with Crippen molar-refractivity contribution in [3.8, 4) is 0 Å². The number of nitrogens with one attached hydrogen (secondary N) is 1. The van der Waals surface area contributed by atoms with Crippen LogP contribution in [0.25, 0.3) is 0 Å². The van der Waals surface area contributed by atoms with Gasteiger partial charge in [-0.1, -0.05) is 11.6 Å². The van der Waals surface area contributed by atoms with Gasteiger partial charge in [-0.05, 0) is 30.7 Å². The van der Waals surface area contributed by atoms with E-state index < -0.39 is 0 Å². The van der Waals surface area contributed by atoms with Crippen molar-refractivity contribution in [3.63, 3.8) is 0 Å². The summed E-state index contributed by atoms with van der Waals surface area (Å²) in [5.74, 6) is -0.340. The monoisotopic (exact) mass is 238 g/mol. The molecule has 1 fully saturated rings. The molecule has 16 heavy (non-hydrogen) atoms. The lowest BCUT2D eigenvalue weighted by molar-refractivity contribution is -0.137. The molecule has 4 nitrogen and oxygen atoms in total.